The minimum absolute atomic E-state index is 0.160. The van der Waals surface area contributed by atoms with Gasteiger partial charge in [0.25, 0.3) is 0 Å². The third-order valence-electron chi connectivity index (χ3n) is 3.12. The van der Waals surface area contributed by atoms with Gasteiger partial charge in [-0.3, -0.25) is 19.7 Å². The number of carbonyl (C=O) groups excluding carboxylic acids is 1. The van der Waals surface area contributed by atoms with Crippen LogP contribution >= 0.6 is 0 Å². The fourth-order valence-electron chi connectivity index (χ4n) is 2.16. The molecule has 0 saturated heterocycles. The van der Waals surface area contributed by atoms with E-state index < -0.39 is 0 Å². The first-order valence-electron chi connectivity index (χ1n) is 6.69. The highest BCUT2D eigenvalue weighted by atomic mass is 16.1. The Balaban J connectivity index is 2.05. The summed E-state index contributed by atoms with van der Waals surface area (Å²) < 4.78 is 0. The Morgan fingerprint density at radius 2 is 1.73 bits per heavy atom. The smallest absolute Gasteiger partial charge is 0.221 e. The number of primary amides is 1. The fourth-order valence-corrected chi connectivity index (χ4v) is 2.16. The van der Waals surface area contributed by atoms with E-state index >= 15 is 0 Å². The van der Waals surface area contributed by atoms with Crippen molar-refractivity contribution in [2.24, 2.45) is 5.73 Å². The predicted molar refractivity (Wildman–Crippen MR) is 81.4 cm³/mol. The first-order valence-corrected chi connectivity index (χ1v) is 6.69. The van der Waals surface area contributed by atoms with Crippen molar-refractivity contribution < 1.29 is 4.79 Å². The van der Waals surface area contributed by atoms with E-state index in [1.807, 2.05) is 24.3 Å². The molecule has 22 heavy (non-hydrogen) atoms. The minimum atomic E-state index is -0.384. The quantitative estimate of drug-likeness (QED) is 0.788. The number of hydrogen-bond donors (Lipinski definition) is 1. The Morgan fingerprint density at radius 1 is 0.955 bits per heavy atom. The van der Waals surface area contributed by atoms with Crippen molar-refractivity contribution in [2.75, 3.05) is 0 Å². The maximum absolute atomic E-state index is 11.2. The first kappa shape index (κ1) is 13.8. The van der Waals surface area contributed by atoms with Crippen LogP contribution in [-0.2, 0) is 11.2 Å². The van der Waals surface area contributed by atoms with Gasteiger partial charge in [0.15, 0.2) is 0 Å². The Morgan fingerprint density at radius 3 is 2.50 bits per heavy atom. The average Bonchev–Trinajstić information content (AvgIpc) is 2.56. The number of nitrogens with two attached hydrogens (primary N) is 1. The molecule has 6 nitrogen and oxygen atoms in total. The lowest BCUT2D eigenvalue weighted by Crippen LogP contribution is -2.14. The van der Waals surface area contributed by atoms with E-state index in [0.29, 0.717) is 17.1 Å². The zero-order valence-electron chi connectivity index (χ0n) is 11.7. The van der Waals surface area contributed by atoms with E-state index in [1.165, 1.54) is 0 Å². The first-order chi connectivity index (χ1) is 10.7. The molecule has 2 N–H and O–H groups in total. The molecule has 2 heterocycles. The highest BCUT2D eigenvalue weighted by Crippen LogP contribution is 2.23. The van der Waals surface area contributed by atoms with Crippen LogP contribution in [0.3, 0.4) is 0 Å². The molecule has 2 aromatic heterocycles. The van der Waals surface area contributed by atoms with E-state index in [2.05, 4.69) is 19.9 Å². The van der Waals surface area contributed by atoms with Crippen LogP contribution in [0.25, 0.3) is 22.6 Å². The van der Waals surface area contributed by atoms with Gasteiger partial charge in [-0.05, 0) is 5.56 Å². The SMILES string of the molecule is NC(=O)Cc1ccccc1-c1cncc(-c2cnccn2)n1. The number of nitrogens with zero attached hydrogens (tertiary/aromatic N) is 4. The average molecular weight is 291 g/mol. The number of carbonyl (C=O) groups is 1. The van der Waals surface area contributed by atoms with Crippen LogP contribution in [-0.4, -0.2) is 25.8 Å². The summed E-state index contributed by atoms with van der Waals surface area (Å²) in [5.74, 6) is -0.384. The standard InChI is InChI=1S/C16H13N5O/c17-16(22)7-11-3-1-2-4-12(11)13-8-19-10-15(21-13)14-9-18-5-6-20-14/h1-6,8-10H,7H2,(H2,17,22). The van der Waals surface area contributed by atoms with Crippen molar-refractivity contribution in [3.63, 3.8) is 0 Å². The normalized spacial score (nSPS) is 10.4. The Hall–Kier alpha value is -3.15. The van der Waals surface area contributed by atoms with Gasteiger partial charge in [-0.25, -0.2) is 4.98 Å². The van der Waals surface area contributed by atoms with Gasteiger partial charge < -0.3 is 5.73 Å². The van der Waals surface area contributed by atoms with Gasteiger partial charge in [-0.2, -0.15) is 0 Å². The number of rotatable bonds is 4. The van der Waals surface area contributed by atoms with Crippen LogP contribution in [0.4, 0.5) is 0 Å². The number of hydrogen-bond acceptors (Lipinski definition) is 5. The van der Waals surface area contributed by atoms with Crippen LogP contribution in [0.5, 0.6) is 0 Å². The Labute approximate surface area is 127 Å². The maximum atomic E-state index is 11.2. The third kappa shape index (κ3) is 2.95. The second kappa shape index (κ2) is 6.09. The molecule has 1 aromatic carbocycles. The molecular formula is C16H13N5O. The monoisotopic (exact) mass is 291 g/mol. The fraction of sp³-hybridized carbons (Fsp3) is 0.0625. The lowest BCUT2D eigenvalue weighted by atomic mass is 10.0. The molecule has 108 valence electrons. The number of aromatic nitrogens is 4. The van der Waals surface area contributed by atoms with Crippen molar-refractivity contribution in [1.29, 1.82) is 0 Å². The zero-order valence-corrected chi connectivity index (χ0v) is 11.7. The Bertz CT molecular complexity index is 804. The molecule has 0 aliphatic rings. The molecule has 0 radical (unpaired) electrons. The topological polar surface area (TPSA) is 94.7 Å². The van der Waals surface area contributed by atoms with E-state index in [1.54, 1.807) is 31.0 Å². The molecule has 0 spiro atoms. The largest absolute Gasteiger partial charge is 0.369 e. The summed E-state index contributed by atoms with van der Waals surface area (Å²) in [7, 11) is 0. The molecule has 0 atom stereocenters. The molecule has 0 bridgehead atoms. The summed E-state index contributed by atoms with van der Waals surface area (Å²) in [6, 6.07) is 7.50. The highest BCUT2D eigenvalue weighted by molar-refractivity contribution is 5.80. The minimum Gasteiger partial charge on any atom is -0.369 e. The van der Waals surface area contributed by atoms with Crippen LogP contribution in [0, 0.1) is 0 Å². The summed E-state index contributed by atoms with van der Waals surface area (Å²) in [5, 5.41) is 0. The summed E-state index contributed by atoms with van der Waals surface area (Å²) in [6.45, 7) is 0. The summed E-state index contributed by atoms with van der Waals surface area (Å²) in [6.07, 6.45) is 8.27. The van der Waals surface area contributed by atoms with Gasteiger partial charge in [0, 0.05) is 18.0 Å². The predicted octanol–water partition coefficient (Wildman–Crippen LogP) is 1.63. The molecule has 3 rings (SSSR count). The van der Waals surface area contributed by atoms with E-state index in [-0.39, 0.29) is 12.3 Å². The number of amides is 1. The van der Waals surface area contributed by atoms with Crippen molar-refractivity contribution in [3.8, 4) is 22.6 Å². The van der Waals surface area contributed by atoms with Gasteiger partial charge in [0.05, 0.1) is 30.7 Å². The molecule has 0 aliphatic heterocycles. The molecule has 1 amide bonds. The van der Waals surface area contributed by atoms with E-state index in [0.717, 1.165) is 11.1 Å². The maximum Gasteiger partial charge on any atom is 0.221 e. The summed E-state index contributed by atoms with van der Waals surface area (Å²) in [4.78, 5) is 28.2. The zero-order chi connectivity index (χ0) is 15.4. The highest BCUT2D eigenvalue weighted by Gasteiger charge is 2.10. The van der Waals surface area contributed by atoms with Crippen molar-refractivity contribution >= 4 is 5.91 Å². The molecular weight excluding hydrogens is 278 g/mol. The third-order valence-corrected chi connectivity index (χ3v) is 3.12. The molecule has 3 aromatic rings. The Kier molecular flexibility index (Phi) is 3.82. The number of benzene rings is 1. The second-order valence-corrected chi connectivity index (χ2v) is 4.68. The lowest BCUT2D eigenvalue weighted by Gasteiger charge is -2.08. The van der Waals surface area contributed by atoms with Crippen molar-refractivity contribution in [3.05, 3.63) is 60.8 Å². The lowest BCUT2D eigenvalue weighted by molar-refractivity contribution is -0.117. The van der Waals surface area contributed by atoms with Crippen LogP contribution < -0.4 is 5.73 Å². The van der Waals surface area contributed by atoms with Crippen LogP contribution in [0.1, 0.15) is 5.56 Å². The van der Waals surface area contributed by atoms with Crippen molar-refractivity contribution in [1.82, 2.24) is 19.9 Å². The summed E-state index contributed by atoms with van der Waals surface area (Å²) in [5.41, 5.74) is 8.89. The molecule has 0 unspecified atom stereocenters. The summed E-state index contributed by atoms with van der Waals surface area (Å²) >= 11 is 0. The van der Waals surface area contributed by atoms with Crippen LogP contribution in [0.2, 0.25) is 0 Å². The van der Waals surface area contributed by atoms with Gasteiger partial charge in [0.2, 0.25) is 5.91 Å². The molecule has 6 heteroatoms. The molecule has 0 saturated carbocycles. The van der Waals surface area contributed by atoms with Gasteiger partial charge in [0.1, 0.15) is 11.4 Å². The molecule has 0 fully saturated rings. The van der Waals surface area contributed by atoms with Crippen molar-refractivity contribution in [2.45, 2.75) is 6.42 Å². The van der Waals surface area contributed by atoms with Gasteiger partial charge >= 0.3 is 0 Å². The van der Waals surface area contributed by atoms with Gasteiger partial charge in [-0.1, -0.05) is 24.3 Å². The van der Waals surface area contributed by atoms with E-state index in [4.69, 9.17) is 5.73 Å². The van der Waals surface area contributed by atoms with Crippen LogP contribution in [0.15, 0.2) is 55.2 Å². The van der Waals surface area contributed by atoms with E-state index in [9.17, 15) is 4.79 Å². The second-order valence-electron chi connectivity index (χ2n) is 4.68. The molecule has 0 aliphatic carbocycles. The van der Waals surface area contributed by atoms with Gasteiger partial charge in [-0.15, -0.1) is 0 Å².